The minimum atomic E-state index is -0.129. The van der Waals surface area contributed by atoms with Crippen molar-refractivity contribution in [2.24, 2.45) is 5.73 Å². The average Bonchev–Trinajstić information content (AvgIpc) is 2.54. The van der Waals surface area contributed by atoms with Crippen molar-refractivity contribution in [3.05, 3.63) is 65.2 Å². The molecule has 4 nitrogen and oxygen atoms in total. The zero-order valence-electron chi connectivity index (χ0n) is 12.5. The first-order chi connectivity index (χ1) is 10.6. The van der Waals surface area contributed by atoms with Gasteiger partial charge in [0.25, 0.3) is 5.91 Å². The van der Waals surface area contributed by atoms with Crippen LogP contribution in [0.3, 0.4) is 0 Å². The third-order valence-corrected chi connectivity index (χ3v) is 3.14. The summed E-state index contributed by atoms with van der Waals surface area (Å²) in [7, 11) is 0. The van der Waals surface area contributed by atoms with Crippen molar-refractivity contribution in [3.8, 4) is 11.8 Å². The van der Waals surface area contributed by atoms with E-state index >= 15 is 0 Å². The minimum Gasteiger partial charge on any atom is -0.399 e. The first-order valence-corrected chi connectivity index (χ1v) is 7.07. The van der Waals surface area contributed by atoms with Crippen LogP contribution in [0, 0.1) is 11.8 Å². The van der Waals surface area contributed by atoms with Gasteiger partial charge in [-0.2, -0.15) is 0 Å². The fourth-order valence-electron chi connectivity index (χ4n) is 1.78. The second kappa shape index (κ2) is 7.30. The van der Waals surface area contributed by atoms with Gasteiger partial charge in [0.05, 0.1) is 0 Å². The second-order valence-corrected chi connectivity index (χ2v) is 5.06. The van der Waals surface area contributed by atoms with Gasteiger partial charge in [0.1, 0.15) is 0 Å². The standard InChI is InChI=1S/C18H19N3O/c1-13(12-19)21-18(22)16-8-4-14(5-9-16)2-3-15-6-10-17(20)11-7-15/h4-11,13H,12,19-20H2,1H3,(H,21,22). The zero-order chi connectivity index (χ0) is 15.9. The molecule has 0 aliphatic rings. The molecule has 0 heterocycles. The van der Waals surface area contributed by atoms with Crippen LogP contribution in [0.5, 0.6) is 0 Å². The molecule has 0 radical (unpaired) electrons. The van der Waals surface area contributed by atoms with Gasteiger partial charge in [-0.1, -0.05) is 11.8 Å². The predicted octanol–water partition coefficient (Wildman–Crippen LogP) is 1.75. The van der Waals surface area contributed by atoms with Crippen LogP contribution in [-0.2, 0) is 0 Å². The maximum Gasteiger partial charge on any atom is 0.251 e. The van der Waals surface area contributed by atoms with E-state index < -0.39 is 0 Å². The Bertz CT molecular complexity index is 694. The Hall–Kier alpha value is -2.77. The number of nitrogens with two attached hydrogens (primary N) is 2. The first-order valence-electron chi connectivity index (χ1n) is 7.07. The molecule has 1 atom stereocenters. The van der Waals surface area contributed by atoms with Gasteiger partial charge >= 0.3 is 0 Å². The van der Waals surface area contributed by atoms with Crippen LogP contribution in [0.1, 0.15) is 28.4 Å². The van der Waals surface area contributed by atoms with Crippen LogP contribution in [0.25, 0.3) is 0 Å². The SMILES string of the molecule is CC(CN)NC(=O)c1ccc(C#Cc2ccc(N)cc2)cc1. The summed E-state index contributed by atoms with van der Waals surface area (Å²) in [5.74, 6) is 5.98. The number of anilines is 1. The lowest BCUT2D eigenvalue weighted by Crippen LogP contribution is -2.37. The van der Waals surface area contributed by atoms with Gasteiger partial charge in [-0.05, 0) is 55.5 Å². The van der Waals surface area contributed by atoms with Crippen LogP contribution in [0.4, 0.5) is 5.69 Å². The Labute approximate surface area is 130 Å². The van der Waals surface area contributed by atoms with E-state index in [2.05, 4.69) is 17.2 Å². The predicted molar refractivity (Wildman–Crippen MR) is 89.3 cm³/mol. The van der Waals surface area contributed by atoms with E-state index in [-0.39, 0.29) is 11.9 Å². The van der Waals surface area contributed by atoms with Crippen LogP contribution < -0.4 is 16.8 Å². The van der Waals surface area contributed by atoms with Gasteiger partial charge in [-0.3, -0.25) is 4.79 Å². The maximum absolute atomic E-state index is 11.9. The van der Waals surface area contributed by atoms with E-state index in [9.17, 15) is 4.79 Å². The number of carbonyl (C=O) groups is 1. The number of rotatable bonds is 3. The molecule has 2 aromatic carbocycles. The average molecular weight is 293 g/mol. The summed E-state index contributed by atoms with van der Waals surface area (Å²) in [4.78, 5) is 11.9. The van der Waals surface area contributed by atoms with Gasteiger partial charge in [0, 0.05) is 35.0 Å². The van der Waals surface area contributed by atoms with Crippen molar-refractivity contribution in [1.82, 2.24) is 5.32 Å². The molecule has 2 rings (SSSR count). The van der Waals surface area contributed by atoms with Crippen molar-refractivity contribution in [2.75, 3.05) is 12.3 Å². The van der Waals surface area contributed by atoms with E-state index in [1.165, 1.54) is 0 Å². The molecular formula is C18H19N3O. The summed E-state index contributed by atoms with van der Waals surface area (Å²) in [6.45, 7) is 2.28. The Kier molecular flexibility index (Phi) is 5.18. The number of nitrogens with one attached hydrogen (secondary N) is 1. The fraction of sp³-hybridized carbons (Fsp3) is 0.167. The summed E-state index contributed by atoms with van der Waals surface area (Å²) in [6.07, 6.45) is 0. The van der Waals surface area contributed by atoms with E-state index in [4.69, 9.17) is 11.5 Å². The van der Waals surface area contributed by atoms with Crippen molar-refractivity contribution in [1.29, 1.82) is 0 Å². The van der Waals surface area contributed by atoms with E-state index in [1.807, 2.05) is 43.3 Å². The van der Waals surface area contributed by atoms with Crippen molar-refractivity contribution in [2.45, 2.75) is 13.0 Å². The molecule has 0 bridgehead atoms. The fourth-order valence-corrected chi connectivity index (χ4v) is 1.78. The van der Waals surface area contributed by atoms with Gasteiger partial charge < -0.3 is 16.8 Å². The third-order valence-electron chi connectivity index (χ3n) is 3.14. The molecule has 5 N–H and O–H groups in total. The monoisotopic (exact) mass is 293 g/mol. The quantitative estimate of drug-likeness (QED) is 0.595. The normalized spacial score (nSPS) is 11.2. The molecule has 0 aromatic heterocycles. The lowest BCUT2D eigenvalue weighted by molar-refractivity contribution is 0.0941. The molecule has 0 aliphatic carbocycles. The maximum atomic E-state index is 11.9. The number of hydrogen-bond donors (Lipinski definition) is 3. The minimum absolute atomic E-state index is 0.0440. The molecule has 0 aliphatic heterocycles. The molecule has 1 amide bonds. The third kappa shape index (κ3) is 4.37. The lowest BCUT2D eigenvalue weighted by atomic mass is 10.1. The topological polar surface area (TPSA) is 81.1 Å². The van der Waals surface area contributed by atoms with E-state index in [0.29, 0.717) is 17.8 Å². The highest BCUT2D eigenvalue weighted by Gasteiger charge is 2.07. The molecule has 22 heavy (non-hydrogen) atoms. The van der Waals surface area contributed by atoms with Gasteiger partial charge in [0.2, 0.25) is 0 Å². The molecule has 1 unspecified atom stereocenters. The highest BCUT2D eigenvalue weighted by atomic mass is 16.1. The largest absolute Gasteiger partial charge is 0.399 e. The van der Waals surface area contributed by atoms with Gasteiger partial charge in [-0.25, -0.2) is 0 Å². The van der Waals surface area contributed by atoms with Crippen LogP contribution in [-0.4, -0.2) is 18.5 Å². The zero-order valence-corrected chi connectivity index (χ0v) is 12.5. The molecule has 0 saturated carbocycles. The summed E-state index contributed by atoms with van der Waals surface area (Å²) in [6, 6.07) is 14.5. The van der Waals surface area contributed by atoms with Crippen LogP contribution in [0.2, 0.25) is 0 Å². The number of hydrogen-bond acceptors (Lipinski definition) is 3. The molecule has 0 spiro atoms. The molecule has 112 valence electrons. The van der Waals surface area contributed by atoms with Crippen LogP contribution in [0.15, 0.2) is 48.5 Å². The number of benzene rings is 2. The Morgan fingerprint density at radius 1 is 1.05 bits per heavy atom. The summed E-state index contributed by atoms with van der Waals surface area (Å²) < 4.78 is 0. The summed E-state index contributed by atoms with van der Waals surface area (Å²) in [5, 5.41) is 2.82. The van der Waals surface area contributed by atoms with Crippen LogP contribution >= 0.6 is 0 Å². The van der Waals surface area contributed by atoms with E-state index in [1.54, 1.807) is 12.1 Å². The molecule has 0 saturated heterocycles. The number of amides is 1. The summed E-state index contributed by atoms with van der Waals surface area (Å²) >= 11 is 0. The smallest absolute Gasteiger partial charge is 0.251 e. The molecular weight excluding hydrogens is 274 g/mol. The lowest BCUT2D eigenvalue weighted by Gasteiger charge is -2.10. The van der Waals surface area contributed by atoms with Crippen molar-refractivity contribution in [3.63, 3.8) is 0 Å². The number of carbonyl (C=O) groups excluding carboxylic acids is 1. The van der Waals surface area contributed by atoms with E-state index in [0.717, 1.165) is 11.1 Å². The Balaban J connectivity index is 2.06. The Morgan fingerprint density at radius 2 is 1.55 bits per heavy atom. The highest BCUT2D eigenvalue weighted by Crippen LogP contribution is 2.06. The summed E-state index contributed by atoms with van der Waals surface area (Å²) in [5.41, 5.74) is 14.2. The Morgan fingerprint density at radius 3 is 2.05 bits per heavy atom. The highest BCUT2D eigenvalue weighted by molar-refractivity contribution is 5.94. The first kappa shape index (κ1) is 15.6. The molecule has 2 aromatic rings. The van der Waals surface area contributed by atoms with Gasteiger partial charge in [0.15, 0.2) is 0 Å². The number of nitrogen functional groups attached to an aromatic ring is 1. The molecule has 0 fully saturated rings. The molecule has 4 heteroatoms. The van der Waals surface area contributed by atoms with Crippen molar-refractivity contribution < 1.29 is 4.79 Å². The second-order valence-electron chi connectivity index (χ2n) is 5.06. The van der Waals surface area contributed by atoms with Gasteiger partial charge in [-0.15, -0.1) is 0 Å². The van der Waals surface area contributed by atoms with Crippen molar-refractivity contribution >= 4 is 11.6 Å².